The molecular formula is C27H25N3O5. The zero-order valence-electron chi connectivity index (χ0n) is 19.1. The number of amides is 3. The molecule has 35 heavy (non-hydrogen) atoms. The third-order valence-electron chi connectivity index (χ3n) is 5.36. The zero-order valence-corrected chi connectivity index (χ0v) is 19.1. The number of anilines is 1. The molecule has 0 aliphatic carbocycles. The van der Waals surface area contributed by atoms with Crippen LogP contribution in [-0.4, -0.2) is 24.3 Å². The standard InChI is InChI=1S/C27H25N3O5/c1-19-11-13-21(14-12-19)30(24(31)18-29-26(32)23-10-6-16-35-23)25(20-7-3-2-4-8-20)27(33)28-17-22-9-5-15-34-22/h2-16,25H,17-18H2,1H3,(H,28,33)(H,29,32)/t25-/m0/s1. The van der Waals surface area contributed by atoms with Crippen LogP contribution in [0.1, 0.15) is 33.5 Å². The Morgan fingerprint density at radius 1 is 0.829 bits per heavy atom. The zero-order chi connectivity index (χ0) is 24.6. The van der Waals surface area contributed by atoms with E-state index in [0.717, 1.165) is 5.56 Å². The van der Waals surface area contributed by atoms with Gasteiger partial charge in [-0.2, -0.15) is 0 Å². The molecule has 0 aliphatic rings. The van der Waals surface area contributed by atoms with Crippen LogP contribution in [0.4, 0.5) is 5.69 Å². The summed E-state index contributed by atoms with van der Waals surface area (Å²) in [6, 6.07) is 21.9. The van der Waals surface area contributed by atoms with Crippen LogP contribution in [0.5, 0.6) is 0 Å². The lowest BCUT2D eigenvalue weighted by molar-refractivity contribution is -0.126. The monoisotopic (exact) mass is 471 g/mol. The molecule has 2 N–H and O–H groups in total. The molecule has 8 heteroatoms. The van der Waals surface area contributed by atoms with Gasteiger partial charge >= 0.3 is 0 Å². The summed E-state index contributed by atoms with van der Waals surface area (Å²) in [6.07, 6.45) is 2.91. The highest BCUT2D eigenvalue weighted by Gasteiger charge is 2.33. The molecule has 3 amide bonds. The molecule has 2 aromatic carbocycles. The summed E-state index contributed by atoms with van der Waals surface area (Å²) in [5.41, 5.74) is 2.15. The molecule has 0 spiro atoms. The predicted molar refractivity (Wildman–Crippen MR) is 129 cm³/mol. The average Bonchev–Trinajstić information content (AvgIpc) is 3.60. The van der Waals surface area contributed by atoms with Gasteiger partial charge in [0.05, 0.1) is 25.6 Å². The van der Waals surface area contributed by atoms with E-state index in [1.54, 1.807) is 54.6 Å². The Morgan fingerprint density at radius 2 is 1.54 bits per heavy atom. The van der Waals surface area contributed by atoms with Gasteiger partial charge in [0.1, 0.15) is 11.8 Å². The quantitative estimate of drug-likeness (QED) is 0.384. The Balaban J connectivity index is 1.65. The number of hydrogen-bond donors (Lipinski definition) is 2. The molecule has 0 unspecified atom stereocenters. The Labute approximate surface area is 202 Å². The maximum absolute atomic E-state index is 13.5. The highest BCUT2D eigenvalue weighted by Crippen LogP contribution is 2.28. The largest absolute Gasteiger partial charge is 0.467 e. The fourth-order valence-electron chi connectivity index (χ4n) is 3.62. The lowest BCUT2D eigenvalue weighted by Crippen LogP contribution is -2.47. The number of carbonyl (C=O) groups is 3. The van der Waals surface area contributed by atoms with Gasteiger partial charge in [-0.3, -0.25) is 19.3 Å². The fraction of sp³-hybridized carbons (Fsp3) is 0.148. The minimum atomic E-state index is -0.984. The summed E-state index contributed by atoms with van der Waals surface area (Å²) in [7, 11) is 0. The van der Waals surface area contributed by atoms with Gasteiger partial charge in [0, 0.05) is 5.69 Å². The first-order valence-corrected chi connectivity index (χ1v) is 11.1. The van der Waals surface area contributed by atoms with E-state index in [9.17, 15) is 14.4 Å². The third-order valence-corrected chi connectivity index (χ3v) is 5.36. The molecule has 0 fully saturated rings. The lowest BCUT2D eigenvalue weighted by Gasteiger charge is -2.31. The van der Waals surface area contributed by atoms with Gasteiger partial charge in [0.15, 0.2) is 5.76 Å². The van der Waals surface area contributed by atoms with E-state index >= 15 is 0 Å². The smallest absolute Gasteiger partial charge is 0.287 e. The summed E-state index contributed by atoms with van der Waals surface area (Å²) < 4.78 is 10.4. The van der Waals surface area contributed by atoms with E-state index in [4.69, 9.17) is 8.83 Å². The molecule has 1 atom stereocenters. The number of carbonyl (C=O) groups excluding carboxylic acids is 3. The van der Waals surface area contributed by atoms with Crippen molar-refractivity contribution in [2.24, 2.45) is 0 Å². The molecule has 178 valence electrons. The van der Waals surface area contributed by atoms with Gasteiger partial charge in [-0.25, -0.2) is 0 Å². The van der Waals surface area contributed by atoms with Crippen molar-refractivity contribution in [3.05, 3.63) is 114 Å². The maximum atomic E-state index is 13.5. The fourth-order valence-corrected chi connectivity index (χ4v) is 3.62. The highest BCUT2D eigenvalue weighted by molar-refractivity contribution is 6.04. The molecule has 0 saturated carbocycles. The van der Waals surface area contributed by atoms with Crippen molar-refractivity contribution in [1.82, 2.24) is 10.6 Å². The Morgan fingerprint density at radius 3 is 2.20 bits per heavy atom. The van der Waals surface area contributed by atoms with Crippen LogP contribution in [0, 0.1) is 6.92 Å². The van der Waals surface area contributed by atoms with Crippen molar-refractivity contribution in [3.63, 3.8) is 0 Å². The third kappa shape index (κ3) is 5.86. The van der Waals surface area contributed by atoms with Crippen molar-refractivity contribution in [2.45, 2.75) is 19.5 Å². The van der Waals surface area contributed by atoms with Crippen LogP contribution in [-0.2, 0) is 16.1 Å². The van der Waals surface area contributed by atoms with E-state index < -0.39 is 17.9 Å². The number of rotatable bonds is 9. The number of furan rings is 2. The van der Waals surface area contributed by atoms with E-state index in [1.807, 2.05) is 25.1 Å². The van der Waals surface area contributed by atoms with E-state index in [1.165, 1.54) is 23.5 Å². The number of nitrogens with zero attached hydrogens (tertiary/aromatic N) is 1. The first kappa shape index (κ1) is 23.6. The van der Waals surface area contributed by atoms with Crippen LogP contribution in [0.2, 0.25) is 0 Å². The van der Waals surface area contributed by atoms with Crippen LogP contribution in [0.3, 0.4) is 0 Å². The molecule has 4 rings (SSSR count). The predicted octanol–water partition coefficient (Wildman–Crippen LogP) is 4.00. The second-order valence-electron chi connectivity index (χ2n) is 7.87. The Hall–Kier alpha value is -4.59. The molecule has 2 heterocycles. The van der Waals surface area contributed by atoms with Gasteiger partial charge in [-0.15, -0.1) is 0 Å². The summed E-state index contributed by atoms with van der Waals surface area (Å²) >= 11 is 0. The molecule has 4 aromatic rings. The van der Waals surface area contributed by atoms with E-state index in [2.05, 4.69) is 10.6 Å². The minimum Gasteiger partial charge on any atom is -0.467 e. The average molecular weight is 472 g/mol. The van der Waals surface area contributed by atoms with Crippen molar-refractivity contribution in [2.75, 3.05) is 11.4 Å². The number of benzene rings is 2. The first-order chi connectivity index (χ1) is 17.0. The molecule has 0 aliphatic heterocycles. The number of aryl methyl sites for hydroxylation is 1. The Bertz CT molecular complexity index is 1250. The number of nitrogens with one attached hydrogen (secondary N) is 2. The highest BCUT2D eigenvalue weighted by atomic mass is 16.3. The molecule has 8 nitrogen and oxygen atoms in total. The van der Waals surface area contributed by atoms with Crippen molar-refractivity contribution in [3.8, 4) is 0 Å². The molecule has 0 radical (unpaired) electrons. The second-order valence-corrected chi connectivity index (χ2v) is 7.87. The van der Waals surface area contributed by atoms with Gasteiger partial charge in [-0.1, -0.05) is 48.0 Å². The molecule has 0 bridgehead atoms. The van der Waals surface area contributed by atoms with Crippen LogP contribution in [0.25, 0.3) is 0 Å². The minimum absolute atomic E-state index is 0.0930. The maximum Gasteiger partial charge on any atom is 0.287 e. The van der Waals surface area contributed by atoms with E-state index in [-0.39, 0.29) is 24.8 Å². The molecule has 2 aromatic heterocycles. The topological polar surface area (TPSA) is 105 Å². The lowest BCUT2D eigenvalue weighted by atomic mass is 10.0. The van der Waals surface area contributed by atoms with Gasteiger partial charge in [0.25, 0.3) is 5.91 Å². The van der Waals surface area contributed by atoms with Crippen molar-refractivity contribution >= 4 is 23.4 Å². The number of hydrogen-bond acceptors (Lipinski definition) is 5. The van der Waals surface area contributed by atoms with Crippen molar-refractivity contribution in [1.29, 1.82) is 0 Å². The van der Waals surface area contributed by atoms with Gasteiger partial charge in [-0.05, 0) is 48.9 Å². The summed E-state index contributed by atoms with van der Waals surface area (Å²) in [6.45, 7) is 1.77. The second kappa shape index (κ2) is 11.0. The van der Waals surface area contributed by atoms with Gasteiger partial charge < -0.3 is 19.5 Å². The normalized spacial score (nSPS) is 11.5. The summed E-state index contributed by atoms with van der Waals surface area (Å²) in [5.74, 6) is -0.694. The van der Waals surface area contributed by atoms with Crippen LogP contribution >= 0.6 is 0 Å². The first-order valence-electron chi connectivity index (χ1n) is 11.1. The summed E-state index contributed by atoms with van der Waals surface area (Å²) in [4.78, 5) is 40.8. The van der Waals surface area contributed by atoms with E-state index in [0.29, 0.717) is 17.0 Å². The van der Waals surface area contributed by atoms with Crippen molar-refractivity contribution < 1.29 is 23.2 Å². The van der Waals surface area contributed by atoms with Gasteiger partial charge in [0.2, 0.25) is 11.8 Å². The molecular weight excluding hydrogens is 446 g/mol. The molecule has 0 saturated heterocycles. The van der Waals surface area contributed by atoms with Crippen LogP contribution < -0.4 is 15.5 Å². The Kier molecular flexibility index (Phi) is 7.42. The van der Waals surface area contributed by atoms with Crippen LogP contribution in [0.15, 0.2) is 100 Å². The SMILES string of the molecule is Cc1ccc(N(C(=O)CNC(=O)c2ccco2)[C@H](C(=O)NCc2ccco2)c2ccccc2)cc1. The summed E-state index contributed by atoms with van der Waals surface area (Å²) in [5, 5.41) is 5.43.